The molecular formula is C13H17N3O2. The number of H-pyrrole nitrogens is 1. The Balaban J connectivity index is 1.68. The molecule has 2 bridgehead atoms. The van der Waals surface area contributed by atoms with Gasteiger partial charge in [-0.2, -0.15) is 0 Å². The quantitative estimate of drug-likeness (QED) is 0.707. The van der Waals surface area contributed by atoms with Crippen LogP contribution in [0, 0.1) is 0 Å². The third-order valence-corrected chi connectivity index (χ3v) is 3.88. The Hall–Kier alpha value is -1.62. The van der Waals surface area contributed by atoms with Crippen LogP contribution in [-0.4, -0.2) is 29.0 Å². The summed E-state index contributed by atoms with van der Waals surface area (Å²) in [5.74, 6) is -0.261. The van der Waals surface area contributed by atoms with Crippen LogP contribution in [-0.2, 0) is 0 Å². The molecule has 1 aromatic heterocycles. The Morgan fingerprint density at radius 1 is 1.28 bits per heavy atom. The fraction of sp³-hybridized carbons (Fsp3) is 0.538. The van der Waals surface area contributed by atoms with Crippen LogP contribution >= 0.6 is 0 Å². The number of aromatic amines is 1. The van der Waals surface area contributed by atoms with Crippen molar-refractivity contribution in [3.05, 3.63) is 34.2 Å². The summed E-state index contributed by atoms with van der Waals surface area (Å²) < 4.78 is 0. The molecule has 0 aliphatic carbocycles. The minimum absolute atomic E-state index is 0.191. The summed E-state index contributed by atoms with van der Waals surface area (Å²) in [5.41, 5.74) is -0.0356. The van der Waals surface area contributed by atoms with Crippen LogP contribution in [0.5, 0.6) is 0 Å². The largest absolute Gasteiger partial charge is 0.367 e. The maximum atomic E-state index is 12.0. The molecule has 3 N–H and O–H groups in total. The van der Waals surface area contributed by atoms with Crippen molar-refractivity contribution in [3.63, 3.8) is 0 Å². The van der Waals surface area contributed by atoms with Crippen molar-refractivity contribution in [3.8, 4) is 0 Å². The fourth-order valence-electron chi connectivity index (χ4n) is 3.03. The van der Waals surface area contributed by atoms with Gasteiger partial charge in [0.2, 0.25) is 0 Å². The third kappa shape index (κ3) is 2.18. The van der Waals surface area contributed by atoms with Gasteiger partial charge < -0.3 is 15.6 Å². The minimum Gasteiger partial charge on any atom is -0.367 e. The minimum atomic E-state index is -0.261. The van der Waals surface area contributed by atoms with Crippen LogP contribution in [0.4, 0.5) is 0 Å². The zero-order valence-corrected chi connectivity index (χ0v) is 10.1. The van der Waals surface area contributed by atoms with Gasteiger partial charge in [0.15, 0.2) is 5.43 Å². The maximum Gasteiger partial charge on any atom is 0.256 e. The molecule has 3 rings (SSSR count). The number of hydrogen-bond donors (Lipinski definition) is 3. The molecule has 5 heteroatoms. The van der Waals surface area contributed by atoms with E-state index in [0.29, 0.717) is 12.1 Å². The summed E-state index contributed by atoms with van der Waals surface area (Å²) in [6.07, 6.45) is 7.32. The van der Waals surface area contributed by atoms with E-state index in [2.05, 4.69) is 15.6 Å². The van der Waals surface area contributed by atoms with Crippen LogP contribution in [0.3, 0.4) is 0 Å². The average Bonchev–Trinajstić information content (AvgIpc) is 2.69. The molecular weight excluding hydrogens is 230 g/mol. The first-order valence-corrected chi connectivity index (χ1v) is 6.46. The molecule has 5 nitrogen and oxygen atoms in total. The van der Waals surface area contributed by atoms with E-state index in [1.807, 2.05) is 0 Å². The SMILES string of the molecule is O=C(NC1CC2CCC(C1)N2)c1c[nH]ccc1=O. The summed E-state index contributed by atoms with van der Waals surface area (Å²) in [4.78, 5) is 26.3. The number of hydrogen-bond acceptors (Lipinski definition) is 3. The Morgan fingerprint density at radius 3 is 2.67 bits per heavy atom. The molecule has 96 valence electrons. The van der Waals surface area contributed by atoms with E-state index < -0.39 is 0 Å². The molecule has 1 aromatic rings. The van der Waals surface area contributed by atoms with Gasteiger partial charge in [-0.1, -0.05) is 0 Å². The Bertz CT molecular complexity index is 499. The van der Waals surface area contributed by atoms with E-state index >= 15 is 0 Å². The molecule has 3 heterocycles. The van der Waals surface area contributed by atoms with E-state index in [-0.39, 0.29) is 22.9 Å². The molecule has 0 spiro atoms. The summed E-state index contributed by atoms with van der Waals surface area (Å²) in [7, 11) is 0. The van der Waals surface area contributed by atoms with Crippen LogP contribution in [0.15, 0.2) is 23.3 Å². The number of rotatable bonds is 2. The van der Waals surface area contributed by atoms with Crippen molar-refractivity contribution in [2.45, 2.75) is 43.8 Å². The monoisotopic (exact) mass is 247 g/mol. The van der Waals surface area contributed by atoms with E-state index in [4.69, 9.17) is 0 Å². The molecule has 2 aliphatic rings. The molecule has 2 saturated heterocycles. The molecule has 2 unspecified atom stereocenters. The van der Waals surface area contributed by atoms with Gasteiger partial charge in [0.25, 0.3) is 5.91 Å². The zero-order chi connectivity index (χ0) is 12.5. The number of pyridine rings is 1. The van der Waals surface area contributed by atoms with Gasteiger partial charge in [0.05, 0.1) is 0 Å². The van der Waals surface area contributed by atoms with Crippen molar-refractivity contribution in [1.82, 2.24) is 15.6 Å². The molecule has 0 saturated carbocycles. The number of nitrogens with one attached hydrogen (secondary N) is 3. The maximum absolute atomic E-state index is 12.0. The second-order valence-electron chi connectivity index (χ2n) is 5.20. The lowest BCUT2D eigenvalue weighted by molar-refractivity contribution is 0.0922. The lowest BCUT2D eigenvalue weighted by Crippen LogP contribution is -2.48. The second-order valence-corrected chi connectivity index (χ2v) is 5.20. The molecule has 0 aromatic carbocycles. The predicted molar refractivity (Wildman–Crippen MR) is 67.5 cm³/mol. The zero-order valence-electron chi connectivity index (χ0n) is 10.1. The summed E-state index contributed by atoms with van der Waals surface area (Å²) in [6.45, 7) is 0. The highest BCUT2D eigenvalue weighted by atomic mass is 16.2. The fourth-order valence-corrected chi connectivity index (χ4v) is 3.03. The van der Waals surface area contributed by atoms with E-state index in [1.54, 1.807) is 0 Å². The van der Waals surface area contributed by atoms with Gasteiger partial charge in [-0.3, -0.25) is 9.59 Å². The molecule has 1 amide bonds. The highest BCUT2D eigenvalue weighted by molar-refractivity contribution is 5.93. The van der Waals surface area contributed by atoms with Gasteiger partial charge in [-0.15, -0.1) is 0 Å². The first-order valence-electron chi connectivity index (χ1n) is 6.46. The molecule has 18 heavy (non-hydrogen) atoms. The third-order valence-electron chi connectivity index (χ3n) is 3.88. The number of aromatic nitrogens is 1. The van der Waals surface area contributed by atoms with Crippen molar-refractivity contribution in [2.75, 3.05) is 0 Å². The molecule has 0 radical (unpaired) electrons. The second kappa shape index (κ2) is 4.57. The molecule has 2 atom stereocenters. The van der Waals surface area contributed by atoms with Crippen LogP contribution in [0.1, 0.15) is 36.0 Å². The van der Waals surface area contributed by atoms with Gasteiger partial charge in [-0.25, -0.2) is 0 Å². The summed E-state index contributed by atoms with van der Waals surface area (Å²) in [5, 5.41) is 6.50. The summed E-state index contributed by atoms with van der Waals surface area (Å²) >= 11 is 0. The van der Waals surface area contributed by atoms with Crippen molar-refractivity contribution >= 4 is 5.91 Å². The highest BCUT2D eigenvalue weighted by Gasteiger charge is 2.34. The van der Waals surface area contributed by atoms with Gasteiger partial charge in [0.1, 0.15) is 5.56 Å². The smallest absolute Gasteiger partial charge is 0.256 e. The molecule has 2 aliphatic heterocycles. The van der Waals surface area contributed by atoms with Crippen LogP contribution < -0.4 is 16.1 Å². The summed E-state index contributed by atoms with van der Waals surface area (Å²) in [6, 6.07) is 2.63. The number of carbonyl (C=O) groups excluding carboxylic acids is 1. The van der Waals surface area contributed by atoms with E-state index in [0.717, 1.165) is 12.8 Å². The van der Waals surface area contributed by atoms with Crippen molar-refractivity contribution in [2.24, 2.45) is 0 Å². The lowest BCUT2D eigenvalue weighted by Gasteiger charge is -2.29. The Morgan fingerprint density at radius 2 is 2.00 bits per heavy atom. The molecule has 2 fully saturated rings. The number of fused-ring (bicyclic) bond motifs is 2. The number of amides is 1. The lowest BCUT2D eigenvalue weighted by atomic mass is 9.99. The standard InChI is InChI=1S/C13H17N3O2/c17-12-3-4-14-7-11(12)13(18)16-10-5-8-1-2-9(6-10)15-8/h3-4,7-10,15H,1-2,5-6H2,(H,14,17)(H,16,18). The van der Waals surface area contributed by atoms with Crippen LogP contribution in [0.25, 0.3) is 0 Å². The van der Waals surface area contributed by atoms with Gasteiger partial charge >= 0.3 is 0 Å². The van der Waals surface area contributed by atoms with Crippen LogP contribution in [0.2, 0.25) is 0 Å². The first-order chi connectivity index (χ1) is 8.72. The highest BCUT2D eigenvalue weighted by Crippen LogP contribution is 2.26. The predicted octanol–water partition coefficient (Wildman–Crippen LogP) is 0.388. The Labute approximate surface area is 105 Å². The number of piperidine rings is 1. The average molecular weight is 247 g/mol. The van der Waals surface area contributed by atoms with E-state index in [9.17, 15) is 9.59 Å². The van der Waals surface area contributed by atoms with Crippen molar-refractivity contribution < 1.29 is 4.79 Å². The first kappa shape index (κ1) is 11.5. The normalized spacial score (nSPS) is 30.1. The number of carbonyl (C=O) groups is 1. The van der Waals surface area contributed by atoms with Gasteiger partial charge in [-0.05, 0) is 25.7 Å². The topological polar surface area (TPSA) is 74.0 Å². The Kier molecular flexibility index (Phi) is 2.91. The van der Waals surface area contributed by atoms with Crippen molar-refractivity contribution in [1.29, 1.82) is 0 Å². The van der Waals surface area contributed by atoms with E-state index in [1.165, 1.54) is 31.3 Å². The van der Waals surface area contributed by atoms with Gasteiger partial charge in [0, 0.05) is 36.6 Å².